The Labute approximate surface area is 207 Å². The van der Waals surface area contributed by atoms with E-state index in [9.17, 15) is 22.4 Å². The van der Waals surface area contributed by atoms with Crippen LogP contribution in [0.15, 0.2) is 46.9 Å². The van der Waals surface area contributed by atoms with E-state index >= 15 is 0 Å². The van der Waals surface area contributed by atoms with E-state index < -0.39 is 21.6 Å². The van der Waals surface area contributed by atoms with Gasteiger partial charge < -0.3 is 9.64 Å². The molecule has 1 heterocycles. The molecule has 1 aliphatic rings. The molecule has 0 spiro atoms. The van der Waals surface area contributed by atoms with Crippen molar-refractivity contribution in [3.63, 3.8) is 0 Å². The first kappa shape index (κ1) is 26.3. The molecule has 2 aromatic rings. The zero-order chi connectivity index (χ0) is 24.9. The Balaban J connectivity index is 1.56. The number of nitrogens with two attached hydrogens (primary N) is 1. The van der Waals surface area contributed by atoms with Gasteiger partial charge in [0, 0.05) is 48.7 Å². The number of primary sulfonamides is 1. The van der Waals surface area contributed by atoms with Gasteiger partial charge in [-0.25, -0.2) is 17.9 Å². The zero-order valence-corrected chi connectivity index (χ0v) is 21.1. The lowest BCUT2D eigenvalue weighted by Gasteiger charge is -2.39. The van der Waals surface area contributed by atoms with Crippen molar-refractivity contribution in [2.45, 2.75) is 25.9 Å². The molecule has 0 aromatic heterocycles. The summed E-state index contributed by atoms with van der Waals surface area (Å²) in [5.41, 5.74) is 1.48. The van der Waals surface area contributed by atoms with E-state index in [2.05, 4.69) is 20.8 Å². The summed E-state index contributed by atoms with van der Waals surface area (Å²) in [6.45, 7) is 4.32. The number of ketones is 1. The van der Waals surface area contributed by atoms with E-state index in [1.165, 1.54) is 12.1 Å². The Bertz CT molecular complexity index is 1140. The Morgan fingerprint density at radius 1 is 1.18 bits per heavy atom. The molecule has 2 N–H and O–H groups in total. The highest BCUT2D eigenvalue weighted by Crippen LogP contribution is 2.24. The van der Waals surface area contributed by atoms with Crippen molar-refractivity contribution in [3.8, 4) is 5.75 Å². The van der Waals surface area contributed by atoms with E-state index in [1.807, 2.05) is 6.92 Å². The lowest BCUT2D eigenvalue weighted by molar-refractivity contribution is -0.138. The SMILES string of the molecule is C[C@@H]1CN(Cc2ccc(F)cc2)CCN1C(=O)COc1ccc(Br)cc1CC(=O)CS(N)(=O)=O. The lowest BCUT2D eigenvalue weighted by Crippen LogP contribution is -2.54. The molecule has 34 heavy (non-hydrogen) atoms. The quantitative estimate of drug-likeness (QED) is 0.507. The molecule has 0 aliphatic carbocycles. The number of hydrogen-bond donors (Lipinski definition) is 1. The van der Waals surface area contributed by atoms with Crippen LogP contribution in [0.2, 0.25) is 0 Å². The van der Waals surface area contributed by atoms with Gasteiger partial charge in [0.2, 0.25) is 10.0 Å². The van der Waals surface area contributed by atoms with Crippen LogP contribution in [0.5, 0.6) is 5.75 Å². The number of halogens is 2. The van der Waals surface area contributed by atoms with Crippen LogP contribution in [0.4, 0.5) is 4.39 Å². The Hall–Kier alpha value is -2.34. The number of hydrogen-bond acceptors (Lipinski definition) is 6. The first-order chi connectivity index (χ1) is 16.0. The fourth-order valence-corrected chi connectivity index (χ4v) is 4.89. The molecule has 0 radical (unpaired) electrons. The average molecular weight is 556 g/mol. The molecule has 0 bridgehead atoms. The van der Waals surface area contributed by atoms with Crippen LogP contribution >= 0.6 is 15.9 Å². The largest absolute Gasteiger partial charge is 0.483 e. The number of benzene rings is 2. The molecule has 11 heteroatoms. The molecule has 184 valence electrons. The summed E-state index contributed by atoms with van der Waals surface area (Å²) < 4.78 is 41.9. The Morgan fingerprint density at radius 3 is 2.53 bits per heavy atom. The van der Waals surface area contributed by atoms with Gasteiger partial charge >= 0.3 is 0 Å². The summed E-state index contributed by atoms with van der Waals surface area (Å²) in [5, 5.41) is 4.95. The maximum absolute atomic E-state index is 13.1. The van der Waals surface area contributed by atoms with Crippen molar-refractivity contribution in [1.29, 1.82) is 0 Å². The second-order valence-corrected chi connectivity index (χ2v) is 10.9. The molecule has 1 amide bonds. The minimum absolute atomic E-state index is 0.0361. The molecular formula is C23H27BrFN3O5S. The van der Waals surface area contributed by atoms with E-state index in [-0.39, 0.29) is 30.8 Å². The van der Waals surface area contributed by atoms with Crippen LogP contribution in [0.3, 0.4) is 0 Å². The van der Waals surface area contributed by atoms with Gasteiger partial charge in [-0.2, -0.15) is 0 Å². The molecule has 1 atom stereocenters. The molecule has 0 unspecified atom stereocenters. The van der Waals surface area contributed by atoms with Crippen LogP contribution in [0, 0.1) is 5.82 Å². The molecule has 1 fully saturated rings. The summed E-state index contributed by atoms with van der Waals surface area (Å²) in [6, 6.07) is 11.3. The Morgan fingerprint density at radius 2 is 1.88 bits per heavy atom. The van der Waals surface area contributed by atoms with Gasteiger partial charge in [0.1, 0.15) is 17.3 Å². The maximum atomic E-state index is 13.1. The van der Waals surface area contributed by atoms with Crippen molar-refractivity contribution in [2.24, 2.45) is 5.14 Å². The van der Waals surface area contributed by atoms with Gasteiger partial charge in [-0.1, -0.05) is 28.1 Å². The smallest absolute Gasteiger partial charge is 0.260 e. The number of nitrogens with zero attached hydrogens (tertiary/aromatic N) is 2. The number of ether oxygens (including phenoxy) is 1. The van der Waals surface area contributed by atoms with Gasteiger partial charge in [0.15, 0.2) is 12.4 Å². The minimum Gasteiger partial charge on any atom is -0.483 e. The third-order valence-electron chi connectivity index (χ3n) is 5.47. The van der Waals surface area contributed by atoms with Crippen molar-refractivity contribution in [2.75, 3.05) is 32.0 Å². The predicted molar refractivity (Wildman–Crippen MR) is 129 cm³/mol. The number of Topliss-reactive ketones (excluding diaryl/α,β-unsaturated/α-hetero) is 1. The number of carbonyl (C=O) groups is 2. The number of amides is 1. The van der Waals surface area contributed by atoms with Crippen molar-refractivity contribution < 1.29 is 27.1 Å². The van der Waals surface area contributed by atoms with Crippen LogP contribution in [-0.2, 0) is 32.6 Å². The van der Waals surface area contributed by atoms with E-state index in [4.69, 9.17) is 9.88 Å². The second-order valence-electron chi connectivity index (χ2n) is 8.36. The highest BCUT2D eigenvalue weighted by atomic mass is 79.9. The van der Waals surface area contributed by atoms with Crippen LogP contribution < -0.4 is 9.88 Å². The van der Waals surface area contributed by atoms with E-state index in [1.54, 1.807) is 35.2 Å². The fourth-order valence-electron chi connectivity index (χ4n) is 3.93. The third-order valence-corrected chi connectivity index (χ3v) is 6.69. The van der Waals surface area contributed by atoms with Crippen molar-refractivity contribution >= 4 is 37.6 Å². The predicted octanol–water partition coefficient (Wildman–Crippen LogP) is 2.10. The number of carbonyl (C=O) groups excluding carboxylic acids is 2. The fraction of sp³-hybridized carbons (Fsp3) is 0.391. The first-order valence-electron chi connectivity index (χ1n) is 10.7. The standard InChI is InChI=1S/C23H27BrFN3O5S/c1-16-12-27(13-17-2-5-20(25)6-3-17)8-9-28(16)23(30)14-33-22-7-4-19(24)10-18(22)11-21(29)15-34(26,31)32/h2-7,10,16H,8-9,11-15H2,1H3,(H2,26,31,32)/t16-/m1/s1. The molecule has 3 rings (SSSR count). The summed E-state index contributed by atoms with van der Waals surface area (Å²) in [6.07, 6.45) is -0.183. The highest BCUT2D eigenvalue weighted by molar-refractivity contribution is 9.10. The summed E-state index contributed by atoms with van der Waals surface area (Å²) in [7, 11) is -3.92. The normalized spacial score (nSPS) is 16.9. The van der Waals surface area contributed by atoms with Gasteiger partial charge in [0.25, 0.3) is 5.91 Å². The average Bonchev–Trinajstić information content (AvgIpc) is 2.73. The third kappa shape index (κ3) is 7.86. The van der Waals surface area contributed by atoms with Crippen LogP contribution in [0.1, 0.15) is 18.1 Å². The Kier molecular flexibility index (Phi) is 8.80. The topological polar surface area (TPSA) is 110 Å². The van der Waals surface area contributed by atoms with Crippen LogP contribution in [0.25, 0.3) is 0 Å². The van der Waals surface area contributed by atoms with Crippen molar-refractivity contribution in [3.05, 3.63) is 63.9 Å². The number of rotatable bonds is 9. The minimum atomic E-state index is -3.92. The monoisotopic (exact) mass is 555 g/mol. The number of piperazine rings is 1. The lowest BCUT2D eigenvalue weighted by atomic mass is 10.1. The van der Waals surface area contributed by atoms with Gasteiger partial charge in [-0.3, -0.25) is 14.5 Å². The first-order valence-corrected chi connectivity index (χ1v) is 13.2. The maximum Gasteiger partial charge on any atom is 0.260 e. The highest BCUT2D eigenvalue weighted by Gasteiger charge is 2.28. The molecule has 1 aliphatic heterocycles. The summed E-state index contributed by atoms with van der Waals surface area (Å²) in [4.78, 5) is 28.9. The zero-order valence-electron chi connectivity index (χ0n) is 18.7. The molecule has 1 saturated heterocycles. The van der Waals surface area contributed by atoms with Gasteiger partial charge in [-0.15, -0.1) is 0 Å². The molecule has 2 aromatic carbocycles. The summed E-state index contributed by atoms with van der Waals surface area (Å²) in [5.74, 6) is -1.45. The van der Waals surface area contributed by atoms with E-state index in [0.717, 1.165) is 5.56 Å². The van der Waals surface area contributed by atoms with Gasteiger partial charge in [-0.05, 0) is 42.8 Å². The number of sulfonamides is 1. The van der Waals surface area contributed by atoms with Crippen LogP contribution in [-0.4, -0.2) is 67.9 Å². The van der Waals surface area contributed by atoms with E-state index in [0.29, 0.717) is 42.0 Å². The summed E-state index contributed by atoms with van der Waals surface area (Å²) >= 11 is 3.32. The molecule has 8 nitrogen and oxygen atoms in total. The molecule has 0 saturated carbocycles. The van der Waals surface area contributed by atoms with Gasteiger partial charge in [0.05, 0.1) is 0 Å². The van der Waals surface area contributed by atoms with Crippen molar-refractivity contribution in [1.82, 2.24) is 9.80 Å². The molecular weight excluding hydrogens is 529 g/mol. The second kappa shape index (κ2) is 11.4.